The van der Waals surface area contributed by atoms with Crippen LogP contribution in [0, 0.1) is 17.6 Å². The van der Waals surface area contributed by atoms with Gasteiger partial charge in [0.1, 0.15) is 0 Å². The number of hydrogen-bond donors (Lipinski definition) is 1. The van der Waals surface area contributed by atoms with Crippen molar-refractivity contribution in [1.29, 1.82) is 0 Å². The second kappa shape index (κ2) is 5.35. The van der Waals surface area contributed by atoms with Gasteiger partial charge in [0.25, 0.3) is 0 Å². The molecule has 0 atom stereocenters. The molecule has 1 aromatic carbocycles. The molecule has 100 valence electrons. The standard InChI is InChI=1S/C15H21F2N/c1-2-3-11-6-8-15(18,9-7-11)12-4-5-13(16)14(17)10-12/h4-5,10-11H,2-3,6-9,18H2,1H3. The van der Waals surface area contributed by atoms with Crippen LogP contribution >= 0.6 is 0 Å². The van der Waals surface area contributed by atoms with Crippen molar-refractivity contribution in [2.24, 2.45) is 11.7 Å². The van der Waals surface area contributed by atoms with E-state index in [1.54, 1.807) is 6.07 Å². The fraction of sp³-hybridized carbons (Fsp3) is 0.600. The van der Waals surface area contributed by atoms with E-state index in [1.807, 2.05) is 0 Å². The largest absolute Gasteiger partial charge is 0.321 e. The molecule has 2 N–H and O–H groups in total. The van der Waals surface area contributed by atoms with Crippen molar-refractivity contribution in [2.45, 2.75) is 51.0 Å². The summed E-state index contributed by atoms with van der Waals surface area (Å²) < 4.78 is 26.2. The molecule has 1 aromatic rings. The van der Waals surface area contributed by atoms with Crippen LogP contribution in [-0.2, 0) is 5.54 Å². The number of halogens is 2. The Bertz CT molecular complexity index is 409. The summed E-state index contributed by atoms with van der Waals surface area (Å²) in [4.78, 5) is 0. The Labute approximate surface area is 107 Å². The number of rotatable bonds is 3. The molecule has 1 saturated carbocycles. The third kappa shape index (κ3) is 2.72. The molecule has 0 heterocycles. The highest BCUT2D eigenvalue weighted by atomic mass is 19.2. The van der Waals surface area contributed by atoms with Crippen molar-refractivity contribution in [2.75, 3.05) is 0 Å². The van der Waals surface area contributed by atoms with E-state index in [4.69, 9.17) is 5.73 Å². The van der Waals surface area contributed by atoms with Crippen LogP contribution in [-0.4, -0.2) is 0 Å². The van der Waals surface area contributed by atoms with Crippen LogP contribution in [0.25, 0.3) is 0 Å². The Kier molecular flexibility index (Phi) is 4.00. The SMILES string of the molecule is CCCC1CCC(N)(c2ccc(F)c(F)c2)CC1. The van der Waals surface area contributed by atoms with Crippen LogP contribution in [0.1, 0.15) is 51.0 Å². The summed E-state index contributed by atoms with van der Waals surface area (Å²) in [5.41, 5.74) is 6.63. The minimum atomic E-state index is -0.804. The molecule has 0 spiro atoms. The normalized spacial score (nSPS) is 28.3. The first-order valence-electron chi connectivity index (χ1n) is 6.79. The zero-order valence-corrected chi connectivity index (χ0v) is 10.9. The first kappa shape index (κ1) is 13.5. The van der Waals surface area contributed by atoms with Crippen LogP contribution in [0.5, 0.6) is 0 Å². The van der Waals surface area contributed by atoms with Gasteiger partial charge >= 0.3 is 0 Å². The first-order chi connectivity index (χ1) is 8.55. The van der Waals surface area contributed by atoms with E-state index in [-0.39, 0.29) is 0 Å². The molecule has 18 heavy (non-hydrogen) atoms. The molecule has 1 aliphatic rings. The van der Waals surface area contributed by atoms with Gasteiger partial charge in [-0.25, -0.2) is 8.78 Å². The molecule has 3 heteroatoms. The van der Waals surface area contributed by atoms with Gasteiger partial charge in [0.05, 0.1) is 0 Å². The monoisotopic (exact) mass is 253 g/mol. The number of benzene rings is 1. The molecule has 0 saturated heterocycles. The van der Waals surface area contributed by atoms with Gasteiger partial charge in [0.2, 0.25) is 0 Å². The van der Waals surface area contributed by atoms with Gasteiger partial charge in [0, 0.05) is 5.54 Å². The van der Waals surface area contributed by atoms with Crippen LogP contribution < -0.4 is 5.73 Å². The van der Waals surface area contributed by atoms with Crippen molar-refractivity contribution in [3.05, 3.63) is 35.4 Å². The molecule has 1 aliphatic carbocycles. The molecule has 0 radical (unpaired) electrons. The number of hydrogen-bond acceptors (Lipinski definition) is 1. The number of nitrogens with two attached hydrogens (primary N) is 1. The van der Waals surface area contributed by atoms with E-state index in [0.29, 0.717) is 0 Å². The highest BCUT2D eigenvalue weighted by molar-refractivity contribution is 5.26. The lowest BCUT2D eigenvalue weighted by molar-refractivity contribution is 0.225. The summed E-state index contributed by atoms with van der Waals surface area (Å²) >= 11 is 0. The summed E-state index contributed by atoms with van der Waals surface area (Å²) in [6.07, 6.45) is 6.35. The van der Waals surface area contributed by atoms with Gasteiger partial charge in [-0.2, -0.15) is 0 Å². The average molecular weight is 253 g/mol. The third-order valence-electron chi connectivity index (χ3n) is 4.19. The maximum absolute atomic E-state index is 13.3. The van der Waals surface area contributed by atoms with Gasteiger partial charge in [-0.05, 0) is 49.3 Å². The van der Waals surface area contributed by atoms with Crippen molar-refractivity contribution >= 4 is 0 Å². The fourth-order valence-electron chi connectivity index (χ4n) is 2.98. The lowest BCUT2D eigenvalue weighted by Crippen LogP contribution is -2.40. The molecule has 1 nitrogen and oxygen atoms in total. The van der Waals surface area contributed by atoms with Crippen LogP contribution in [0.4, 0.5) is 8.78 Å². The maximum Gasteiger partial charge on any atom is 0.159 e. The highest BCUT2D eigenvalue weighted by Crippen LogP contribution is 2.39. The molecule has 0 amide bonds. The summed E-state index contributed by atoms with van der Waals surface area (Å²) in [5, 5.41) is 0. The molecule has 1 fully saturated rings. The zero-order chi connectivity index (χ0) is 13.2. The molecule has 0 aliphatic heterocycles. The summed E-state index contributed by atoms with van der Waals surface area (Å²) in [6, 6.07) is 4.06. The van der Waals surface area contributed by atoms with Crippen molar-refractivity contribution in [1.82, 2.24) is 0 Å². The van der Waals surface area contributed by atoms with E-state index in [0.717, 1.165) is 37.2 Å². The Morgan fingerprint density at radius 1 is 1.22 bits per heavy atom. The van der Waals surface area contributed by atoms with Crippen molar-refractivity contribution in [3.8, 4) is 0 Å². The van der Waals surface area contributed by atoms with Crippen molar-refractivity contribution in [3.63, 3.8) is 0 Å². The smallest absolute Gasteiger partial charge is 0.159 e. The molecule has 0 aromatic heterocycles. The average Bonchev–Trinajstić information content (AvgIpc) is 2.36. The third-order valence-corrected chi connectivity index (χ3v) is 4.19. The van der Waals surface area contributed by atoms with Gasteiger partial charge < -0.3 is 5.73 Å². The topological polar surface area (TPSA) is 26.0 Å². The van der Waals surface area contributed by atoms with Gasteiger partial charge in [-0.1, -0.05) is 25.8 Å². The molecule has 0 unspecified atom stereocenters. The predicted molar refractivity (Wildman–Crippen MR) is 69.1 cm³/mol. The van der Waals surface area contributed by atoms with E-state index < -0.39 is 17.2 Å². The second-order valence-corrected chi connectivity index (χ2v) is 5.52. The highest BCUT2D eigenvalue weighted by Gasteiger charge is 2.33. The minimum absolute atomic E-state index is 0.473. The van der Waals surface area contributed by atoms with Crippen LogP contribution in [0.3, 0.4) is 0 Å². The second-order valence-electron chi connectivity index (χ2n) is 5.52. The summed E-state index contributed by atoms with van der Waals surface area (Å²) in [6.45, 7) is 2.19. The van der Waals surface area contributed by atoms with E-state index in [9.17, 15) is 8.78 Å². The lowest BCUT2D eigenvalue weighted by Gasteiger charge is -2.37. The van der Waals surface area contributed by atoms with Crippen LogP contribution in [0.2, 0.25) is 0 Å². The van der Waals surface area contributed by atoms with E-state index in [1.165, 1.54) is 25.0 Å². The predicted octanol–water partition coefficient (Wildman–Crippen LogP) is 4.11. The maximum atomic E-state index is 13.3. The molecule has 2 rings (SSSR count). The summed E-state index contributed by atoms with van der Waals surface area (Å²) in [5.74, 6) is -0.855. The quantitative estimate of drug-likeness (QED) is 0.862. The van der Waals surface area contributed by atoms with Crippen molar-refractivity contribution < 1.29 is 8.78 Å². The van der Waals surface area contributed by atoms with E-state index >= 15 is 0 Å². The Hall–Kier alpha value is -0.960. The van der Waals surface area contributed by atoms with Gasteiger partial charge in [-0.15, -0.1) is 0 Å². The minimum Gasteiger partial charge on any atom is -0.321 e. The Balaban J connectivity index is 2.10. The first-order valence-corrected chi connectivity index (χ1v) is 6.79. The summed E-state index contributed by atoms with van der Waals surface area (Å²) in [7, 11) is 0. The van der Waals surface area contributed by atoms with Gasteiger partial charge in [0.15, 0.2) is 11.6 Å². The lowest BCUT2D eigenvalue weighted by atomic mass is 9.72. The molecular formula is C15H21F2N. The van der Waals surface area contributed by atoms with Crippen LogP contribution in [0.15, 0.2) is 18.2 Å². The van der Waals surface area contributed by atoms with Gasteiger partial charge in [-0.3, -0.25) is 0 Å². The van der Waals surface area contributed by atoms with E-state index in [2.05, 4.69) is 6.92 Å². The Morgan fingerprint density at radius 2 is 1.89 bits per heavy atom. The zero-order valence-electron chi connectivity index (χ0n) is 10.9. The molecule has 0 bridgehead atoms. The Morgan fingerprint density at radius 3 is 2.44 bits per heavy atom. The molecular weight excluding hydrogens is 232 g/mol. The fourth-order valence-corrected chi connectivity index (χ4v) is 2.98.